The van der Waals surface area contributed by atoms with Gasteiger partial charge in [0.25, 0.3) is 5.56 Å². The van der Waals surface area contributed by atoms with Gasteiger partial charge in [0, 0.05) is 18.3 Å². The van der Waals surface area contributed by atoms with Crippen molar-refractivity contribution in [1.29, 1.82) is 0 Å². The molecule has 0 bridgehead atoms. The van der Waals surface area contributed by atoms with Gasteiger partial charge in [0.05, 0.1) is 11.8 Å². The maximum Gasteiger partial charge on any atom is 0.325 e. The van der Waals surface area contributed by atoms with Gasteiger partial charge in [-0.1, -0.05) is 6.92 Å². The minimum Gasteiger partial charge on any atom is -0.481 e. The van der Waals surface area contributed by atoms with Gasteiger partial charge < -0.3 is 15.4 Å². The Bertz CT molecular complexity index is 590. The van der Waals surface area contributed by atoms with E-state index < -0.39 is 28.5 Å². The Hall–Kier alpha value is -2.38. The predicted molar refractivity (Wildman–Crippen MR) is 70.4 cm³/mol. The fraction of sp³-hybridized carbons (Fsp3) is 0.500. The van der Waals surface area contributed by atoms with Crippen molar-refractivity contribution in [3.8, 4) is 0 Å². The lowest BCUT2D eigenvalue weighted by molar-refractivity contribution is -0.148. The fourth-order valence-corrected chi connectivity index (χ4v) is 1.50. The van der Waals surface area contributed by atoms with Crippen molar-refractivity contribution in [1.82, 2.24) is 15.3 Å². The van der Waals surface area contributed by atoms with E-state index in [0.29, 0.717) is 6.42 Å². The molecule has 0 saturated carbocycles. The molecule has 1 aromatic rings. The minimum absolute atomic E-state index is 0.0227. The molecule has 1 rings (SSSR count). The summed E-state index contributed by atoms with van der Waals surface area (Å²) in [5.74, 6) is -1.46. The standard InChI is InChI=1S/C12H17N3O5/c1-3-12(2,10(18)19)6-13-8(16)4-7-5-9(17)15-11(20)14-7/h5H,3-4,6H2,1-2H3,(H,13,16)(H,18,19)(H2,14,15,17,20). The molecule has 0 saturated heterocycles. The van der Waals surface area contributed by atoms with Crippen LogP contribution >= 0.6 is 0 Å². The van der Waals surface area contributed by atoms with Crippen LogP contribution in [-0.4, -0.2) is 33.5 Å². The van der Waals surface area contributed by atoms with Crippen LogP contribution in [0.4, 0.5) is 0 Å². The highest BCUT2D eigenvalue weighted by Crippen LogP contribution is 2.19. The number of aromatic nitrogens is 2. The third-order valence-corrected chi connectivity index (χ3v) is 3.14. The minimum atomic E-state index is -1.04. The normalized spacial score (nSPS) is 13.5. The van der Waals surface area contributed by atoms with E-state index in [2.05, 4.69) is 10.3 Å². The number of nitrogens with one attached hydrogen (secondary N) is 3. The Balaban J connectivity index is 2.67. The maximum atomic E-state index is 11.7. The van der Waals surface area contributed by atoms with Gasteiger partial charge in [-0.15, -0.1) is 0 Å². The largest absolute Gasteiger partial charge is 0.481 e. The van der Waals surface area contributed by atoms with Gasteiger partial charge in [-0.3, -0.25) is 19.4 Å². The Kier molecular flexibility index (Phi) is 4.84. The molecule has 1 aromatic heterocycles. The van der Waals surface area contributed by atoms with Gasteiger partial charge in [0.15, 0.2) is 0 Å². The zero-order chi connectivity index (χ0) is 15.3. The molecule has 0 aliphatic carbocycles. The van der Waals surface area contributed by atoms with Crippen molar-refractivity contribution in [2.24, 2.45) is 5.41 Å². The number of aliphatic carboxylic acids is 1. The van der Waals surface area contributed by atoms with Crippen molar-refractivity contribution < 1.29 is 14.7 Å². The lowest BCUT2D eigenvalue weighted by Crippen LogP contribution is -2.41. The molecule has 110 valence electrons. The second-order valence-electron chi connectivity index (χ2n) is 4.79. The van der Waals surface area contributed by atoms with Crippen LogP contribution in [0.2, 0.25) is 0 Å². The molecule has 1 unspecified atom stereocenters. The van der Waals surface area contributed by atoms with Crippen LogP contribution in [0.1, 0.15) is 26.0 Å². The van der Waals surface area contributed by atoms with E-state index >= 15 is 0 Å². The van der Waals surface area contributed by atoms with Gasteiger partial charge in [-0.2, -0.15) is 0 Å². The SMILES string of the molecule is CCC(C)(CNC(=O)Cc1cc(=O)[nH]c(=O)[nH]1)C(=O)O. The lowest BCUT2D eigenvalue weighted by Gasteiger charge is -2.23. The topological polar surface area (TPSA) is 132 Å². The highest BCUT2D eigenvalue weighted by atomic mass is 16.4. The van der Waals surface area contributed by atoms with Crippen LogP contribution in [0.15, 0.2) is 15.7 Å². The zero-order valence-corrected chi connectivity index (χ0v) is 11.3. The first-order valence-electron chi connectivity index (χ1n) is 6.09. The number of hydrogen-bond donors (Lipinski definition) is 4. The highest BCUT2D eigenvalue weighted by Gasteiger charge is 2.31. The third-order valence-electron chi connectivity index (χ3n) is 3.14. The number of rotatable bonds is 6. The van der Waals surface area contributed by atoms with Crippen LogP contribution in [0, 0.1) is 5.41 Å². The molecular weight excluding hydrogens is 266 g/mol. The summed E-state index contributed by atoms with van der Waals surface area (Å²) >= 11 is 0. The van der Waals surface area contributed by atoms with Gasteiger partial charge in [-0.05, 0) is 13.3 Å². The van der Waals surface area contributed by atoms with Crippen molar-refractivity contribution in [3.05, 3.63) is 32.6 Å². The molecule has 8 nitrogen and oxygen atoms in total. The summed E-state index contributed by atoms with van der Waals surface area (Å²) in [6.45, 7) is 3.23. The number of hydrogen-bond acceptors (Lipinski definition) is 4. The second kappa shape index (κ2) is 6.18. The first-order chi connectivity index (χ1) is 9.26. The Morgan fingerprint density at radius 2 is 2.00 bits per heavy atom. The van der Waals surface area contributed by atoms with Crippen molar-refractivity contribution >= 4 is 11.9 Å². The molecule has 0 fully saturated rings. The average Bonchev–Trinajstić information content (AvgIpc) is 2.34. The van der Waals surface area contributed by atoms with Crippen molar-refractivity contribution in [2.45, 2.75) is 26.7 Å². The maximum absolute atomic E-state index is 11.7. The van der Waals surface area contributed by atoms with Crippen molar-refractivity contribution in [3.63, 3.8) is 0 Å². The van der Waals surface area contributed by atoms with Gasteiger partial charge in [0.1, 0.15) is 0 Å². The summed E-state index contributed by atoms with van der Waals surface area (Å²) in [7, 11) is 0. The van der Waals surface area contributed by atoms with Gasteiger partial charge in [0.2, 0.25) is 5.91 Å². The molecule has 0 radical (unpaired) electrons. The van der Waals surface area contributed by atoms with Crippen molar-refractivity contribution in [2.75, 3.05) is 6.54 Å². The molecule has 1 atom stereocenters. The number of carboxylic acids is 1. The molecule has 20 heavy (non-hydrogen) atoms. The highest BCUT2D eigenvalue weighted by molar-refractivity contribution is 5.80. The Labute approximate surface area is 114 Å². The van der Waals surface area contributed by atoms with E-state index in [1.165, 1.54) is 6.92 Å². The molecule has 8 heteroatoms. The molecule has 1 heterocycles. The first-order valence-corrected chi connectivity index (χ1v) is 6.09. The van der Waals surface area contributed by atoms with E-state index in [9.17, 15) is 19.2 Å². The summed E-state index contributed by atoms with van der Waals surface area (Å²) in [5.41, 5.74) is -2.16. The first kappa shape index (κ1) is 15.7. The Morgan fingerprint density at radius 3 is 2.50 bits per heavy atom. The van der Waals surface area contributed by atoms with Crippen LogP contribution in [0.5, 0.6) is 0 Å². The van der Waals surface area contributed by atoms with Gasteiger partial charge >= 0.3 is 11.7 Å². The summed E-state index contributed by atoms with van der Waals surface area (Å²) < 4.78 is 0. The number of carboxylic acid groups (broad SMARTS) is 1. The number of carbonyl (C=O) groups excluding carboxylic acids is 1. The smallest absolute Gasteiger partial charge is 0.325 e. The summed E-state index contributed by atoms with van der Waals surface area (Å²) in [4.78, 5) is 49.1. The van der Waals surface area contributed by atoms with Crippen LogP contribution < -0.4 is 16.6 Å². The molecule has 4 N–H and O–H groups in total. The average molecular weight is 283 g/mol. The molecule has 0 aliphatic rings. The third kappa shape index (κ3) is 4.08. The van der Waals surface area contributed by atoms with E-state index in [1.807, 2.05) is 4.98 Å². The molecule has 0 spiro atoms. The number of carbonyl (C=O) groups is 2. The van der Waals surface area contributed by atoms with Gasteiger partial charge in [-0.25, -0.2) is 4.79 Å². The monoisotopic (exact) mass is 283 g/mol. The summed E-state index contributed by atoms with van der Waals surface area (Å²) in [6.07, 6.45) is 0.170. The lowest BCUT2D eigenvalue weighted by atomic mass is 9.87. The van der Waals surface area contributed by atoms with Crippen LogP contribution in [0.25, 0.3) is 0 Å². The van der Waals surface area contributed by atoms with Crippen LogP contribution in [0.3, 0.4) is 0 Å². The number of H-pyrrole nitrogens is 2. The molecular formula is C12H17N3O5. The van der Waals surface area contributed by atoms with E-state index in [-0.39, 0.29) is 18.7 Å². The molecule has 1 amide bonds. The Morgan fingerprint density at radius 1 is 1.35 bits per heavy atom. The summed E-state index contributed by atoms with van der Waals surface area (Å²) in [6, 6.07) is 1.11. The second-order valence-corrected chi connectivity index (χ2v) is 4.79. The molecule has 0 aromatic carbocycles. The summed E-state index contributed by atoms with van der Waals surface area (Å²) in [5, 5.41) is 11.6. The zero-order valence-electron chi connectivity index (χ0n) is 11.3. The predicted octanol–water partition coefficient (Wildman–Crippen LogP) is -0.777. The number of amides is 1. The van der Waals surface area contributed by atoms with E-state index in [1.54, 1.807) is 6.92 Å². The van der Waals surface area contributed by atoms with E-state index in [4.69, 9.17) is 5.11 Å². The van der Waals surface area contributed by atoms with Crippen LogP contribution in [-0.2, 0) is 16.0 Å². The van der Waals surface area contributed by atoms with E-state index in [0.717, 1.165) is 6.07 Å². The molecule has 0 aliphatic heterocycles. The fourth-order valence-electron chi connectivity index (χ4n) is 1.50. The quantitative estimate of drug-likeness (QED) is 0.544. The number of aromatic amines is 2.